The number of likely N-dealkylation sites (tertiary alicyclic amines) is 1. The molecule has 2 amide bonds. The van der Waals surface area contributed by atoms with E-state index in [0.29, 0.717) is 48.9 Å². The molecule has 0 unspecified atom stereocenters. The van der Waals surface area contributed by atoms with E-state index < -0.39 is 5.60 Å². The van der Waals surface area contributed by atoms with E-state index in [1.807, 2.05) is 6.92 Å². The predicted octanol–water partition coefficient (Wildman–Crippen LogP) is 0.952. The minimum atomic E-state index is -0.456. The van der Waals surface area contributed by atoms with E-state index in [2.05, 4.69) is 15.3 Å². The maximum absolute atomic E-state index is 12.3. The van der Waals surface area contributed by atoms with Gasteiger partial charge >= 0.3 is 6.09 Å². The second-order valence-corrected chi connectivity index (χ2v) is 8.23. The summed E-state index contributed by atoms with van der Waals surface area (Å²) in [5.74, 6) is 2.07. The monoisotopic (exact) mass is 385 g/mol. The second kappa shape index (κ2) is 6.44. The van der Waals surface area contributed by atoms with Gasteiger partial charge in [0.15, 0.2) is 5.60 Å². The molecule has 0 bridgehead atoms. The lowest BCUT2D eigenvalue weighted by Crippen LogP contribution is -2.52. The van der Waals surface area contributed by atoms with E-state index in [4.69, 9.17) is 9.47 Å². The molecule has 5 rings (SSSR count). The maximum atomic E-state index is 12.3. The van der Waals surface area contributed by atoms with Crippen LogP contribution in [-0.4, -0.2) is 69.7 Å². The van der Waals surface area contributed by atoms with Crippen LogP contribution in [0.2, 0.25) is 0 Å². The number of carbonyl (C=O) groups is 2. The van der Waals surface area contributed by atoms with Crippen LogP contribution < -0.4 is 5.32 Å². The minimum absolute atomic E-state index is 0.130. The molecule has 9 heteroatoms. The van der Waals surface area contributed by atoms with Gasteiger partial charge in [-0.3, -0.25) is 9.20 Å². The highest BCUT2D eigenvalue weighted by Crippen LogP contribution is 2.53. The first-order valence-corrected chi connectivity index (χ1v) is 9.65. The molecule has 9 nitrogen and oxygen atoms in total. The van der Waals surface area contributed by atoms with Gasteiger partial charge in [-0.05, 0) is 31.1 Å². The molecule has 3 aliphatic rings. The molecule has 1 aliphatic carbocycles. The van der Waals surface area contributed by atoms with Gasteiger partial charge in [0.05, 0.1) is 18.8 Å². The number of piperidine rings is 1. The molecule has 3 atom stereocenters. The van der Waals surface area contributed by atoms with Crippen LogP contribution in [0.25, 0.3) is 5.78 Å². The van der Waals surface area contributed by atoms with E-state index in [0.717, 1.165) is 19.5 Å². The second-order valence-electron chi connectivity index (χ2n) is 8.23. The first kappa shape index (κ1) is 17.4. The van der Waals surface area contributed by atoms with Crippen molar-refractivity contribution in [2.75, 3.05) is 32.8 Å². The molecule has 28 heavy (non-hydrogen) atoms. The molecule has 148 valence electrons. The Hall–Kier alpha value is -2.68. The zero-order chi connectivity index (χ0) is 19.3. The number of fused-ring (bicyclic) bond motifs is 2. The molecule has 1 saturated carbocycles. The van der Waals surface area contributed by atoms with Crippen molar-refractivity contribution in [2.24, 2.45) is 17.8 Å². The van der Waals surface area contributed by atoms with Crippen LogP contribution in [0.5, 0.6) is 0 Å². The summed E-state index contributed by atoms with van der Waals surface area (Å²) in [6.07, 6.45) is 7.38. The molecular weight excluding hydrogens is 362 g/mol. The van der Waals surface area contributed by atoms with Crippen LogP contribution in [0, 0.1) is 17.8 Å². The van der Waals surface area contributed by atoms with Gasteiger partial charge in [-0.2, -0.15) is 0 Å². The third-order valence-electron chi connectivity index (χ3n) is 6.05. The molecule has 2 saturated heterocycles. The fraction of sp³-hybridized carbons (Fsp3) is 0.579. The Bertz CT molecular complexity index is 912. The molecule has 2 aromatic heterocycles. The molecule has 0 aromatic carbocycles. The molecule has 2 aliphatic heterocycles. The summed E-state index contributed by atoms with van der Waals surface area (Å²) in [6, 6.07) is 0. The smallest absolute Gasteiger partial charge is 0.410 e. The summed E-state index contributed by atoms with van der Waals surface area (Å²) in [6.45, 7) is 4.98. The van der Waals surface area contributed by atoms with Crippen LogP contribution in [0.1, 0.15) is 23.7 Å². The number of hydrogen-bond acceptors (Lipinski definition) is 6. The number of carbonyl (C=O) groups excluding carboxylic acids is 2. The van der Waals surface area contributed by atoms with Gasteiger partial charge in [0, 0.05) is 44.4 Å². The lowest BCUT2D eigenvalue weighted by molar-refractivity contribution is -0.171. The van der Waals surface area contributed by atoms with Gasteiger partial charge in [-0.15, -0.1) is 0 Å². The van der Waals surface area contributed by atoms with E-state index >= 15 is 0 Å². The summed E-state index contributed by atoms with van der Waals surface area (Å²) in [4.78, 5) is 34.6. The normalized spacial score (nSPS) is 27.2. The molecule has 0 spiro atoms. The number of nitrogens with zero attached hydrogens (tertiary/aromatic N) is 4. The summed E-state index contributed by atoms with van der Waals surface area (Å²) < 4.78 is 12.4. The SMILES string of the molecule is CC1(OC(=O)N2C[C@@H]3[C@@H](CCNC(=O)c4cnc5nccn5c4)[C@@H]3C2)COC1. The number of aromatic nitrogens is 3. The van der Waals surface area contributed by atoms with Gasteiger partial charge < -0.3 is 19.7 Å². The van der Waals surface area contributed by atoms with E-state index in [-0.39, 0.29) is 12.0 Å². The van der Waals surface area contributed by atoms with E-state index in [9.17, 15) is 9.59 Å². The van der Waals surface area contributed by atoms with Gasteiger partial charge in [-0.25, -0.2) is 14.8 Å². The zero-order valence-electron chi connectivity index (χ0n) is 15.7. The van der Waals surface area contributed by atoms with Crippen molar-refractivity contribution in [1.82, 2.24) is 24.6 Å². The van der Waals surface area contributed by atoms with Crippen molar-refractivity contribution in [2.45, 2.75) is 18.9 Å². The molecule has 0 radical (unpaired) electrons. The number of nitrogens with one attached hydrogen (secondary N) is 1. The number of hydrogen-bond donors (Lipinski definition) is 1. The van der Waals surface area contributed by atoms with Crippen LogP contribution in [0.4, 0.5) is 4.79 Å². The summed E-state index contributed by atoms with van der Waals surface area (Å²) in [5, 5.41) is 2.96. The summed E-state index contributed by atoms with van der Waals surface area (Å²) >= 11 is 0. The highest BCUT2D eigenvalue weighted by Gasteiger charge is 2.56. The Labute approximate surface area is 162 Å². The van der Waals surface area contributed by atoms with Crippen LogP contribution >= 0.6 is 0 Å². The number of imidazole rings is 1. The first-order chi connectivity index (χ1) is 13.5. The van der Waals surface area contributed by atoms with Crippen molar-refractivity contribution >= 4 is 17.8 Å². The maximum Gasteiger partial charge on any atom is 0.410 e. The minimum Gasteiger partial charge on any atom is -0.438 e. The van der Waals surface area contributed by atoms with Crippen LogP contribution in [0.15, 0.2) is 24.8 Å². The van der Waals surface area contributed by atoms with Gasteiger partial charge in [0.1, 0.15) is 0 Å². The summed E-state index contributed by atoms with van der Waals surface area (Å²) in [7, 11) is 0. The fourth-order valence-corrected chi connectivity index (χ4v) is 4.34. The standard InChI is InChI=1S/C19H23N5O4/c1-19(10-27-11-19)28-18(26)24-8-14-13(15(14)9-24)2-3-20-16(25)12-6-22-17-21-4-5-23(17)7-12/h4-7,13-15H,2-3,8-11H2,1H3,(H,20,25)/t13-,14-,15+. The number of rotatable bonds is 5. The zero-order valence-corrected chi connectivity index (χ0v) is 15.7. The number of ether oxygens (including phenoxy) is 2. The van der Waals surface area contributed by atoms with Crippen molar-refractivity contribution < 1.29 is 19.1 Å². The lowest BCUT2D eigenvalue weighted by atomic mass is 10.1. The van der Waals surface area contributed by atoms with Crippen LogP contribution in [0.3, 0.4) is 0 Å². The van der Waals surface area contributed by atoms with E-state index in [1.54, 1.807) is 34.1 Å². The topological polar surface area (TPSA) is 98.1 Å². The highest BCUT2D eigenvalue weighted by molar-refractivity contribution is 5.93. The lowest BCUT2D eigenvalue weighted by Gasteiger charge is -2.38. The highest BCUT2D eigenvalue weighted by atomic mass is 16.6. The molecule has 2 aromatic rings. The Balaban J connectivity index is 1.05. The van der Waals surface area contributed by atoms with Crippen molar-refractivity contribution in [1.29, 1.82) is 0 Å². The van der Waals surface area contributed by atoms with E-state index in [1.165, 1.54) is 0 Å². The summed E-state index contributed by atoms with van der Waals surface area (Å²) in [5.41, 5.74) is 0.0613. The molecule has 1 N–H and O–H groups in total. The Kier molecular flexibility index (Phi) is 4.01. The Morgan fingerprint density at radius 1 is 1.32 bits per heavy atom. The Morgan fingerprint density at radius 3 is 2.82 bits per heavy atom. The largest absolute Gasteiger partial charge is 0.438 e. The van der Waals surface area contributed by atoms with Crippen LogP contribution in [-0.2, 0) is 9.47 Å². The number of amides is 2. The van der Waals surface area contributed by atoms with Crippen molar-refractivity contribution in [3.63, 3.8) is 0 Å². The first-order valence-electron chi connectivity index (χ1n) is 9.65. The van der Waals surface area contributed by atoms with Gasteiger partial charge in [0.25, 0.3) is 5.91 Å². The van der Waals surface area contributed by atoms with Gasteiger partial charge in [0.2, 0.25) is 5.78 Å². The van der Waals surface area contributed by atoms with Gasteiger partial charge in [-0.1, -0.05) is 0 Å². The average Bonchev–Trinajstić information content (AvgIpc) is 3.06. The quantitative estimate of drug-likeness (QED) is 0.823. The molecular formula is C19H23N5O4. The molecule has 3 fully saturated rings. The Morgan fingerprint density at radius 2 is 2.11 bits per heavy atom. The average molecular weight is 385 g/mol. The van der Waals surface area contributed by atoms with Crippen molar-refractivity contribution in [3.05, 3.63) is 30.4 Å². The molecule has 4 heterocycles. The predicted molar refractivity (Wildman–Crippen MR) is 97.7 cm³/mol. The third-order valence-corrected chi connectivity index (χ3v) is 6.05. The third kappa shape index (κ3) is 3.09. The van der Waals surface area contributed by atoms with Crippen molar-refractivity contribution in [3.8, 4) is 0 Å². The fourth-order valence-electron chi connectivity index (χ4n) is 4.34.